The molecule has 0 aliphatic carbocycles. The predicted molar refractivity (Wildman–Crippen MR) is 75.6 cm³/mol. The smallest absolute Gasteiger partial charge is 0.133 e. The van der Waals surface area contributed by atoms with Crippen LogP contribution >= 0.6 is 11.8 Å². The quantitative estimate of drug-likeness (QED) is 0.876. The van der Waals surface area contributed by atoms with E-state index in [1.54, 1.807) is 0 Å². The van der Waals surface area contributed by atoms with Crippen LogP contribution in [-0.4, -0.2) is 28.6 Å². The SMILES string of the molecule is CC1CN(c2ncccc2C(C)N)CC(C)S1. The number of hydrogen-bond donors (Lipinski definition) is 1. The van der Waals surface area contributed by atoms with Crippen molar-refractivity contribution in [3.05, 3.63) is 23.9 Å². The Hall–Kier alpha value is -0.740. The molecule has 1 fully saturated rings. The lowest BCUT2D eigenvalue weighted by Crippen LogP contribution is -2.41. The molecule has 1 saturated heterocycles. The second kappa shape index (κ2) is 5.27. The molecule has 1 aromatic heterocycles. The molecule has 1 aliphatic heterocycles. The summed E-state index contributed by atoms with van der Waals surface area (Å²) < 4.78 is 0. The van der Waals surface area contributed by atoms with Crippen molar-refractivity contribution in [1.29, 1.82) is 0 Å². The lowest BCUT2D eigenvalue weighted by atomic mass is 10.1. The van der Waals surface area contributed by atoms with Gasteiger partial charge in [-0.3, -0.25) is 0 Å². The van der Waals surface area contributed by atoms with E-state index in [1.807, 2.05) is 19.2 Å². The minimum absolute atomic E-state index is 0.0406. The molecule has 2 heterocycles. The molecule has 0 amide bonds. The van der Waals surface area contributed by atoms with Crippen molar-refractivity contribution in [1.82, 2.24) is 4.98 Å². The van der Waals surface area contributed by atoms with Crippen LogP contribution in [0.2, 0.25) is 0 Å². The molecule has 1 aliphatic rings. The van der Waals surface area contributed by atoms with Gasteiger partial charge in [0.25, 0.3) is 0 Å². The summed E-state index contributed by atoms with van der Waals surface area (Å²) in [5, 5.41) is 1.31. The van der Waals surface area contributed by atoms with E-state index >= 15 is 0 Å². The molecule has 2 rings (SSSR count). The molecule has 3 unspecified atom stereocenters. The lowest BCUT2D eigenvalue weighted by molar-refractivity contribution is 0.702. The number of nitrogens with zero attached hydrogens (tertiary/aromatic N) is 2. The van der Waals surface area contributed by atoms with Crippen molar-refractivity contribution in [3.8, 4) is 0 Å². The molecule has 2 N–H and O–H groups in total. The summed E-state index contributed by atoms with van der Waals surface area (Å²) >= 11 is 2.05. The van der Waals surface area contributed by atoms with Gasteiger partial charge in [0.1, 0.15) is 5.82 Å². The number of nitrogens with two attached hydrogens (primary N) is 1. The number of rotatable bonds is 2. The van der Waals surface area contributed by atoms with Gasteiger partial charge in [0, 0.05) is 41.4 Å². The highest BCUT2D eigenvalue weighted by Gasteiger charge is 2.25. The Labute approximate surface area is 108 Å². The normalized spacial score (nSPS) is 26.9. The molecule has 17 heavy (non-hydrogen) atoms. The zero-order valence-corrected chi connectivity index (χ0v) is 11.6. The van der Waals surface area contributed by atoms with Crippen LogP contribution < -0.4 is 10.6 Å². The Balaban J connectivity index is 2.27. The molecule has 0 spiro atoms. The standard InChI is InChI=1S/C13H21N3S/c1-9-7-16(8-10(2)17-9)13-12(11(3)14)5-4-6-15-13/h4-6,9-11H,7-8,14H2,1-3H3. The van der Waals surface area contributed by atoms with Gasteiger partial charge < -0.3 is 10.6 Å². The Kier molecular flexibility index (Phi) is 3.94. The van der Waals surface area contributed by atoms with Gasteiger partial charge in [-0.15, -0.1) is 0 Å². The zero-order valence-electron chi connectivity index (χ0n) is 10.8. The second-order valence-corrected chi connectivity index (χ2v) is 6.75. The van der Waals surface area contributed by atoms with Crippen LogP contribution in [0.25, 0.3) is 0 Å². The van der Waals surface area contributed by atoms with E-state index in [0.29, 0.717) is 10.5 Å². The van der Waals surface area contributed by atoms with Crippen molar-refractivity contribution in [2.24, 2.45) is 5.73 Å². The maximum Gasteiger partial charge on any atom is 0.133 e. The van der Waals surface area contributed by atoms with Crippen molar-refractivity contribution in [2.75, 3.05) is 18.0 Å². The first-order chi connectivity index (χ1) is 8.08. The summed E-state index contributed by atoms with van der Waals surface area (Å²) in [6, 6.07) is 4.09. The predicted octanol–water partition coefficient (Wildman–Crippen LogP) is 2.43. The van der Waals surface area contributed by atoms with Crippen LogP contribution in [0.3, 0.4) is 0 Å². The summed E-state index contributed by atoms with van der Waals surface area (Å²) in [6.07, 6.45) is 1.86. The summed E-state index contributed by atoms with van der Waals surface area (Å²) in [6.45, 7) is 8.70. The van der Waals surface area contributed by atoms with Gasteiger partial charge in [-0.05, 0) is 13.0 Å². The second-order valence-electron chi connectivity index (χ2n) is 4.87. The minimum Gasteiger partial charge on any atom is -0.354 e. The summed E-state index contributed by atoms with van der Waals surface area (Å²) in [4.78, 5) is 6.91. The van der Waals surface area contributed by atoms with Gasteiger partial charge in [-0.1, -0.05) is 19.9 Å². The van der Waals surface area contributed by atoms with Gasteiger partial charge in [0.15, 0.2) is 0 Å². The largest absolute Gasteiger partial charge is 0.354 e. The molecule has 0 aromatic carbocycles. The van der Waals surface area contributed by atoms with Crippen LogP contribution in [0.5, 0.6) is 0 Å². The number of thioether (sulfide) groups is 1. The van der Waals surface area contributed by atoms with Crippen molar-refractivity contribution in [2.45, 2.75) is 37.3 Å². The van der Waals surface area contributed by atoms with E-state index in [-0.39, 0.29) is 6.04 Å². The van der Waals surface area contributed by atoms with Crippen LogP contribution in [0.15, 0.2) is 18.3 Å². The molecule has 3 nitrogen and oxygen atoms in total. The first-order valence-electron chi connectivity index (χ1n) is 6.19. The topological polar surface area (TPSA) is 42.2 Å². The van der Waals surface area contributed by atoms with E-state index < -0.39 is 0 Å². The van der Waals surface area contributed by atoms with E-state index in [9.17, 15) is 0 Å². The Morgan fingerprint density at radius 2 is 2.06 bits per heavy atom. The minimum atomic E-state index is 0.0406. The molecule has 0 bridgehead atoms. The molecule has 94 valence electrons. The summed E-state index contributed by atoms with van der Waals surface area (Å²) in [7, 11) is 0. The summed E-state index contributed by atoms with van der Waals surface area (Å²) in [5.74, 6) is 1.07. The Morgan fingerprint density at radius 3 is 2.65 bits per heavy atom. The number of pyridine rings is 1. The maximum atomic E-state index is 6.02. The number of hydrogen-bond acceptors (Lipinski definition) is 4. The van der Waals surface area contributed by atoms with Crippen molar-refractivity contribution in [3.63, 3.8) is 0 Å². The van der Waals surface area contributed by atoms with E-state index in [4.69, 9.17) is 5.73 Å². The average molecular weight is 251 g/mol. The molecule has 4 heteroatoms. The third kappa shape index (κ3) is 2.93. The highest BCUT2D eigenvalue weighted by molar-refractivity contribution is 8.00. The maximum absolute atomic E-state index is 6.02. The number of anilines is 1. The monoisotopic (exact) mass is 251 g/mol. The first-order valence-corrected chi connectivity index (χ1v) is 7.13. The Morgan fingerprint density at radius 1 is 1.41 bits per heavy atom. The van der Waals surface area contributed by atoms with Crippen LogP contribution in [0, 0.1) is 0 Å². The fourth-order valence-corrected chi connectivity index (χ4v) is 3.71. The van der Waals surface area contributed by atoms with Gasteiger partial charge in [-0.25, -0.2) is 4.98 Å². The van der Waals surface area contributed by atoms with Crippen molar-refractivity contribution >= 4 is 17.6 Å². The molecular weight excluding hydrogens is 230 g/mol. The summed E-state index contributed by atoms with van der Waals surface area (Å²) in [5.41, 5.74) is 7.17. The van der Waals surface area contributed by atoms with Crippen molar-refractivity contribution < 1.29 is 0 Å². The van der Waals surface area contributed by atoms with E-state index in [1.165, 1.54) is 0 Å². The zero-order chi connectivity index (χ0) is 12.4. The molecule has 0 saturated carbocycles. The fourth-order valence-electron chi connectivity index (χ4n) is 2.38. The highest BCUT2D eigenvalue weighted by Crippen LogP contribution is 2.30. The van der Waals surface area contributed by atoms with Gasteiger partial charge in [0.05, 0.1) is 0 Å². The third-order valence-electron chi connectivity index (χ3n) is 3.03. The van der Waals surface area contributed by atoms with Gasteiger partial charge in [-0.2, -0.15) is 11.8 Å². The molecular formula is C13H21N3S. The average Bonchev–Trinajstić information content (AvgIpc) is 2.27. The van der Waals surface area contributed by atoms with Crippen LogP contribution in [0.1, 0.15) is 32.4 Å². The van der Waals surface area contributed by atoms with Gasteiger partial charge in [0.2, 0.25) is 0 Å². The van der Waals surface area contributed by atoms with Crippen LogP contribution in [-0.2, 0) is 0 Å². The Bertz CT molecular complexity index is 371. The van der Waals surface area contributed by atoms with Crippen LogP contribution in [0.4, 0.5) is 5.82 Å². The van der Waals surface area contributed by atoms with Gasteiger partial charge >= 0.3 is 0 Å². The molecule has 3 atom stereocenters. The highest BCUT2D eigenvalue weighted by atomic mass is 32.2. The van der Waals surface area contributed by atoms with E-state index in [0.717, 1.165) is 24.5 Å². The molecule has 1 aromatic rings. The lowest BCUT2D eigenvalue weighted by Gasteiger charge is -2.36. The molecule has 0 radical (unpaired) electrons. The third-order valence-corrected chi connectivity index (χ3v) is 4.25. The number of aromatic nitrogens is 1. The first kappa shape index (κ1) is 12.7. The van der Waals surface area contributed by atoms with E-state index in [2.05, 4.69) is 41.6 Å². The fraction of sp³-hybridized carbons (Fsp3) is 0.615.